The van der Waals surface area contributed by atoms with Crippen molar-refractivity contribution in [1.82, 2.24) is 15.5 Å². The number of aromatic nitrogens is 2. The van der Waals surface area contributed by atoms with Crippen molar-refractivity contribution >= 4 is 17.6 Å². The van der Waals surface area contributed by atoms with E-state index >= 15 is 0 Å². The molecule has 0 fully saturated rings. The lowest BCUT2D eigenvalue weighted by Crippen LogP contribution is -2.45. The van der Waals surface area contributed by atoms with Gasteiger partial charge >= 0.3 is 0 Å². The van der Waals surface area contributed by atoms with E-state index in [-0.39, 0.29) is 5.54 Å². The van der Waals surface area contributed by atoms with Crippen molar-refractivity contribution in [2.75, 3.05) is 6.54 Å². The highest BCUT2D eigenvalue weighted by Crippen LogP contribution is 2.19. The van der Waals surface area contributed by atoms with E-state index in [0.717, 1.165) is 5.56 Å². The van der Waals surface area contributed by atoms with Gasteiger partial charge in [-0.1, -0.05) is 28.9 Å². The van der Waals surface area contributed by atoms with Crippen LogP contribution < -0.4 is 11.1 Å². The number of hydrogen-bond donors (Lipinski definition) is 2. The molecule has 7 heteroatoms. The van der Waals surface area contributed by atoms with Gasteiger partial charge in [0.2, 0.25) is 11.7 Å². The molecule has 0 amide bonds. The normalized spacial score (nSPS) is 12.5. The van der Waals surface area contributed by atoms with E-state index in [9.17, 15) is 0 Å². The minimum absolute atomic E-state index is 0.113. The smallest absolute Gasteiger partial charge is 0.228 e. The lowest BCUT2D eigenvalue weighted by molar-refractivity contribution is 0.380. The maximum atomic E-state index is 5.95. The van der Waals surface area contributed by atoms with E-state index < -0.39 is 0 Å². The fraction of sp³-hybridized carbons (Fsp3) is 0.400. The number of hydrogen-bond acceptors (Lipinski definition) is 4. The lowest BCUT2D eigenvalue weighted by Gasteiger charge is -2.20. The summed E-state index contributed by atoms with van der Waals surface area (Å²) >= 11 is 5.95. The topological polar surface area (TPSA) is 89.3 Å². The van der Waals surface area contributed by atoms with Crippen molar-refractivity contribution in [3.8, 4) is 11.4 Å². The Morgan fingerprint density at radius 3 is 2.86 bits per heavy atom. The molecule has 0 saturated carbocycles. The molecule has 2 rings (SSSR count). The van der Waals surface area contributed by atoms with Crippen LogP contribution in [0.4, 0.5) is 0 Å². The molecule has 1 heterocycles. The second-order valence-corrected chi connectivity index (χ2v) is 6.35. The molecule has 0 bridgehead atoms. The predicted molar refractivity (Wildman–Crippen MR) is 87.8 cm³/mol. The molecule has 0 spiro atoms. The van der Waals surface area contributed by atoms with Gasteiger partial charge in [0.25, 0.3) is 0 Å². The number of halogens is 1. The first-order valence-corrected chi connectivity index (χ1v) is 7.38. The molecule has 6 nitrogen and oxygen atoms in total. The molecule has 2 aromatic rings. The summed E-state index contributed by atoms with van der Waals surface area (Å²) in [5.41, 5.74) is 6.50. The molecule has 1 aromatic carbocycles. The fourth-order valence-electron chi connectivity index (χ4n) is 1.80. The summed E-state index contributed by atoms with van der Waals surface area (Å²) in [6.45, 7) is 6.53. The third-order valence-electron chi connectivity index (χ3n) is 2.66. The van der Waals surface area contributed by atoms with Crippen LogP contribution in [0, 0.1) is 0 Å². The monoisotopic (exact) mass is 321 g/mol. The fourth-order valence-corrected chi connectivity index (χ4v) is 1.99. The van der Waals surface area contributed by atoms with Crippen LogP contribution in [-0.4, -0.2) is 28.2 Å². The first-order valence-electron chi connectivity index (χ1n) is 7.00. The van der Waals surface area contributed by atoms with Gasteiger partial charge in [0.1, 0.15) is 0 Å². The maximum absolute atomic E-state index is 5.95. The van der Waals surface area contributed by atoms with Gasteiger partial charge in [-0.25, -0.2) is 0 Å². The van der Waals surface area contributed by atoms with E-state index in [1.165, 1.54) is 0 Å². The Hall–Kier alpha value is -2.08. The largest absolute Gasteiger partial charge is 0.370 e. The van der Waals surface area contributed by atoms with Gasteiger partial charge in [0.05, 0.1) is 6.54 Å². The highest BCUT2D eigenvalue weighted by molar-refractivity contribution is 6.30. The van der Waals surface area contributed by atoms with E-state index in [4.69, 9.17) is 21.9 Å². The maximum Gasteiger partial charge on any atom is 0.228 e. The second-order valence-electron chi connectivity index (χ2n) is 5.91. The number of nitrogens with zero attached hydrogens (tertiary/aromatic N) is 3. The van der Waals surface area contributed by atoms with Crippen LogP contribution in [0.25, 0.3) is 11.4 Å². The molecule has 118 valence electrons. The minimum atomic E-state index is -0.113. The summed E-state index contributed by atoms with van der Waals surface area (Å²) < 4.78 is 5.21. The Labute approximate surface area is 134 Å². The second kappa shape index (κ2) is 6.79. The zero-order valence-electron chi connectivity index (χ0n) is 12.9. The highest BCUT2D eigenvalue weighted by atomic mass is 35.5. The van der Waals surface area contributed by atoms with Gasteiger partial charge in [0, 0.05) is 22.5 Å². The number of benzene rings is 1. The first kappa shape index (κ1) is 16.3. The molecular weight excluding hydrogens is 302 g/mol. The van der Waals surface area contributed by atoms with E-state index in [2.05, 4.69) is 20.4 Å². The van der Waals surface area contributed by atoms with E-state index in [1.54, 1.807) is 12.1 Å². The average Bonchev–Trinajstić information content (AvgIpc) is 2.85. The van der Waals surface area contributed by atoms with Crippen molar-refractivity contribution in [3.63, 3.8) is 0 Å². The van der Waals surface area contributed by atoms with Gasteiger partial charge in [-0.05, 0) is 32.9 Å². The first-order chi connectivity index (χ1) is 10.3. The van der Waals surface area contributed by atoms with Crippen LogP contribution >= 0.6 is 11.6 Å². The van der Waals surface area contributed by atoms with Crippen molar-refractivity contribution in [2.45, 2.75) is 32.7 Å². The zero-order chi connectivity index (χ0) is 16.2. The Morgan fingerprint density at radius 1 is 1.41 bits per heavy atom. The molecule has 0 aliphatic carbocycles. The Bertz CT molecular complexity index is 660. The zero-order valence-corrected chi connectivity index (χ0v) is 13.7. The predicted octanol–water partition coefficient (Wildman–Crippen LogP) is 2.64. The summed E-state index contributed by atoms with van der Waals surface area (Å²) in [5, 5.41) is 7.67. The van der Waals surface area contributed by atoms with Crippen LogP contribution in [0.5, 0.6) is 0 Å². The average molecular weight is 322 g/mol. The number of guanidine groups is 1. The van der Waals surface area contributed by atoms with Crippen LogP contribution in [0.15, 0.2) is 33.8 Å². The van der Waals surface area contributed by atoms with Crippen molar-refractivity contribution in [1.29, 1.82) is 0 Å². The van der Waals surface area contributed by atoms with Crippen molar-refractivity contribution in [3.05, 3.63) is 35.2 Å². The third kappa shape index (κ3) is 5.04. The van der Waals surface area contributed by atoms with Gasteiger partial charge in [-0.3, -0.25) is 4.99 Å². The summed E-state index contributed by atoms with van der Waals surface area (Å²) in [6, 6.07) is 7.31. The van der Waals surface area contributed by atoms with Gasteiger partial charge in [0.15, 0.2) is 5.96 Å². The van der Waals surface area contributed by atoms with Gasteiger partial charge in [-0.15, -0.1) is 0 Å². The Morgan fingerprint density at radius 2 is 2.18 bits per heavy atom. The molecule has 0 atom stereocenters. The Balaban J connectivity index is 1.94. The van der Waals surface area contributed by atoms with Gasteiger partial charge < -0.3 is 15.6 Å². The molecule has 0 saturated heterocycles. The summed E-state index contributed by atoms with van der Waals surface area (Å²) in [6.07, 6.45) is 0.528. The molecule has 0 aliphatic rings. The SMILES string of the molecule is CC(C)(C)NC(N)=NCCc1nc(-c2cccc(Cl)c2)no1. The van der Waals surface area contributed by atoms with Crippen LogP contribution in [-0.2, 0) is 6.42 Å². The lowest BCUT2D eigenvalue weighted by atomic mass is 10.1. The Kier molecular flexibility index (Phi) is 5.03. The third-order valence-corrected chi connectivity index (χ3v) is 2.90. The number of rotatable bonds is 4. The van der Waals surface area contributed by atoms with Crippen LogP contribution in [0.3, 0.4) is 0 Å². The quantitative estimate of drug-likeness (QED) is 0.667. The van der Waals surface area contributed by atoms with Crippen molar-refractivity contribution < 1.29 is 4.52 Å². The number of nitrogens with one attached hydrogen (secondary N) is 1. The minimum Gasteiger partial charge on any atom is -0.370 e. The van der Waals surface area contributed by atoms with E-state index in [0.29, 0.717) is 35.7 Å². The van der Waals surface area contributed by atoms with Crippen molar-refractivity contribution in [2.24, 2.45) is 10.7 Å². The summed E-state index contributed by atoms with van der Waals surface area (Å²) in [7, 11) is 0. The molecular formula is C15H20ClN5O. The van der Waals surface area contributed by atoms with Crippen LogP contribution in [0.1, 0.15) is 26.7 Å². The number of nitrogens with two attached hydrogens (primary N) is 1. The molecule has 3 N–H and O–H groups in total. The molecule has 1 aromatic heterocycles. The summed E-state index contributed by atoms with van der Waals surface area (Å²) in [4.78, 5) is 8.56. The molecule has 22 heavy (non-hydrogen) atoms. The standard InChI is InChI=1S/C15H20ClN5O/c1-15(2,3)20-14(17)18-8-7-12-19-13(21-22-12)10-5-4-6-11(16)9-10/h4-6,9H,7-8H2,1-3H3,(H3,17,18,20). The van der Waals surface area contributed by atoms with Crippen LogP contribution in [0.2, 0.25) is 5.02 Å². The molecule has 0 aliphatic heterocycles. The highest BCUT2D eigenvalue weighted by Gasteiger charge is 2.11. The van der Waals surface area contributed by atoms with Gasteiger partial charge in [-0.2, -0.15) is 4.98 Å². The number of aliphatic imine (C=N–C) groups is 1. The summed E-state index contributed by atoms with van der Waals surface area (Å²) in [5.74, 6) is 1.44. The molecule has 0 radical (unpaired) electrons. The van der Waals surface area contributed by atoms with E-state index in [1.807, 2.05) is 32.9 Å². The molecule has 0 unspecified atom stereocenters.